The molecule has 3 rings (SSSR count). The molecule has 0 aliphatic rings. The highest BCUT2D eigenvalue weighted by molar-refractivity contribution is 7.89. The quantitative estimate of drug-likeness (QED) is 0.550. The maximum atomic E-state index is 12.4. The molecule has 7 heteroatoms. The lowest BCUT2D eigenvalue weighted by molar-refractivity contribution is -0.122. The fourth-order valence-electron chi connectivity index (χ4n) is 2.78. The molecule has 0 aliphatic carbocycles. The monoisotopic (exact) mass is 424 g/mol. The summed E-state index contributed by atoms with van der Waals surface area (Å²) in [4.78, 5) is 12.4. The summed E-state index contributed by atoms with van der Waals surface area (Å²) in [5.41, 5.74) is 1.55. The van der Waals surface area contributed by atoms with Gasteiger partial charge in [0.2, 0.25) is 10.0 Å². The van der Waals surface area contributed by atoms with Crippen LogP contribution in [-0.2, 0) is 21.2 Å². The van der Waals surface area contributed by atoms with E-state index in [1.807, 2.05) is 48.5 Å². The standard InChI is InChI=1S/C23H24N2O4S/c1-18(29-21-10-6-3-7-11-21)23(26)25-20-12-14-22(15-13-20)30(27,28)24-17-16-19-8-4-2-5-9-19/h2-15,18,24H,16-17H2,1H3,(H,25,26)/t18-/m1/s1. The van der Waals surface area contributed by atoms with E-state index in [1.54, 1.807) is 31.2 Å². The summed E-state index contributed by atoms with van der Waals surface area (Å²) in [6, 6.07) is 24.8. The Kier molecular flexibility index (Phi) is 7.21. The third-order valence-electron chi connectivity index (χ3n) is 4.41. The Morgan fingerprint density at radius 3 is 2.13 bits per heavy atom. The fraction of sp³-hybridized carbons (Fsp3) is 0.174. The van der Waals surface area contributed by atoms with Crippen molar-refractivity contribution in [2.24, 2.45) is 0 Å². The molecule has 0 aromatic heterocycles. The number of anilines is 1. The van der Waals surface area contributed by atoms with Gasteiger partial charge >= 0.3 is 0 Å². The van der Waals surface area contributed by atoms with Crippen LogP contribution in [0, 0.1) is 0 Å². The summed E-state index contributed by atoms with van der Waals surface area (Å²) in [7, 11) is -3.62. The summed E-state index contributed by atoms with van der Waals surface area (Å²) in [5, 5.41) is 2.73. The highest BCUT2D eigenvalue weighted by Gasteiger charge is 2.16. The van der Waals surface area contributed by atoms with E-state index in [9.17, 15) is 13.2 Å². The van der Waals surface area contributed by atoms with Gasteiger partial charge in [0, 0.05) is 12.2 Å². The van der Waals surface area contributed by atoms with Gasteiger partial charge in [-0.3, -0.25) is 4.79 Å². The van der Waals surface area contributed by atoms with E-state index in [0.29, 0.717) is 24.4 Å². The molecule has 3 aromatic carbocycles. The summed E-state index contributed by atoms with van der Waals surface area (Å²) in [6.45, 7) is 1.96. The Hall–Kier alpha value is -3.16. The average Bonchev–Trinajstić information content (AvgIpc) is 2.75. The molecule has 0 fully saturated rings. The minimum absolute atomic E-state index is 0.141. The van der Waals surface area contributed by atoms with Crippen molar-refractivity contribution in [3.8, 4) is 5.75 Å². The van der Waals surface area contributed by atoms with Crippen molar-refractivity contribution in [1.82, 2.24) is 4.72 Å². The Labute approximate surface area is 177 Å². The molecule has 0 saturated heterocycles. The van der Waals surface area contributed by atoms with Crippen LogP contribution in [-0.4, -0.2) is 27.0 Å². The first-order valence-corrected chi connectivity index (χ1v) is 11.1. The van der Waals surface area contributed by atoms with Crippen LogP contribution >= 0.6 is 0 Å². The molecule has 1 atom stereocenters. The third kappa shape index (κ3) is 6.17. The number of rotatable bonds is 9. The van der Waals surface area contributed by atoms with Crippen molar-refractivity contribution >= 4 is 21.6 Å². The van der Waals surface area contributed by atoms with E-state index in [2.05, 4.69) is 10.0 Å². The number of ether oxygens (including phenoxy) is 1. The van der Waals surface area contributed by atoms with Gasteiger partial charge in [0.1, 0.15) is 5.75 Å². The van der Waals surface area contributed by atoms with Crippen molar-refractivity contribution in [2.45, 2.75) is 24.3 Å². The molecule has 0 unspecified atom stereocenters. The van der Waals surface area contributed by atoms with Crippen LogP contribution in [0.3, 0.4) is 0 Å². The first kappa shape index (κ1) is 21.5. The molecule has 0 heterocycles. The second kappa shape index (κ2) is 10.0. The van der Waals surface area contributed by atoms with E-state index in [4.69, 9.17) is 4.74 Å². The second-order valence-corrected chi connectivity index (χ2v) is 8.49. The Balaban J connectivity index is 1.53. The number of benzene rings is 3. The first-order chi connectivity index (χ1) is 14.4. The molecular formula is C23H24N2O4S. The Morgan fingerprint density at radius 1 is 0.900 bits per heavy atom. The number of hydrogen-bond donors (Lipinski definition) is 2. The van der Waals surface area contributed by atoms with Crippen molar-refractivity contribution in [3.63, 3.8) is 0 Å². The number of para-hydroxylation sites is 1. The first-order valence-electron chi connectivity index (χ1n) is 9.60. The maximum absolute atomic E-state index is 12.4. The van der Waals surface area contributed by atoms with Crippen LogP contribution in [0.1, 0.15) is 12.5 Å². The van der Waals surface area contributed by atoms with Crippen molar-refractivity contribution in [1.29, 1.82) is 0 Å². The van der Waals surface area contributed by atoms with Gasteiger partial charge in [0.15, 0.2) is 6.10 Å². The molecule has 0 radical (unpaired) electrons. The summed E-state index contributed by atoms with van der Waals surface area (Å²) >= 11 is 0. The molecule has 0 saturated carbocycles. The molecule has 30 heavy (non-hydrogen) atoms. The van der Waals surface area contributed by atoms with Gasteiger partial charge in [0.25, 0.3) is 5.91 Å². The summed E-state index contributed by atoms with van der Waals surface area (Å²) in [5.74, 6) is 0.276. The van der Waals surface area contributed by atoms with Crippen LogP contribution in [0.4, 0.5) is 5.69 Å². The van der Waals surface area contributed by atoms with Gasteiger partial charge in [-0.2, -0.15) is 0 Å². The number of carbonyl (C=O) groups is 1. The minimum atomic E-state index is -3.62. The lowest BCUT2D eigenvalue weighted by Gasteiger charge is -2.15. The molecule has 0 aliphatic heterocycles. The SMILES string of the molecule is C[C@@H](Oc1ccccc1)C(=O)Nc1ccc(S(=O)(=O)NCCc2ccccc2)cc1. The van der Waals surface area contributed by atoms with Crippen molar-refractivity contribution in [2.75, 3.05) is 11.9 Å². The average molecular weight is 425 g/mol. The lowest BCUT2D eigenvalue weighted by atomic mass is 10.2. The van der Waals surface area contributed by atoms with E-state index in [1.165, 1.54) is 12.1 Å². The summed E-state index contributed by atoms with van der Waals surface area (Å²) in [6.07, 6.45) is -0.0940. The second-order valence-electron chi connectivity index (χ2n) is 6.72. The summed E-state index contributed by atoms with van der Waals surface area (Å²) < 4.78 is 33.1. The zero-order valence-electron chi connectivity index (χ0n) is 16.6. The molecule has 0 bridgehead atoms. The smallest absolute Gasteiger partial charge is 0.265 e. The molecule has 6 nitrogen and oxygen atoms in total. The maximum Gasteiger partial charge on any atom is 0.265 e. The number of nitrogens with one attached hydrogen (secondary N) is 2. The zero-order chi connectivity index (χ0) is 21.4. The highest BCUT2D eigenvalue weighted by Crippen LogP contribution is 2.16. The topological polar surface area (TPSA) is 84.5 Å². The predicted octanol–water partition coefficient (Wildman–Crippen LogP) is 3.61. The highest BCUT2D eigenvalue weighted by atomic mass is 32.2. The number of amides is 1. The van der Waals surface area contributed by atoms with Gasteiger partial charge in [0.05, 0.1) is 4.90 Å². The Morgan fingerprint density at radius 2 is 1.50 bits per heavy atom. The molecule has 156 valence electrons. The van der Waals surface area contributed by atoms with Gasteiger partial charge in [-0.15, -0.1) is 0 Å². The largest absolute Gasteiger partial charge is 0.481 e. The van der Waals surface area contributed by atoms with E-state index in [0.717, 1.165) is 5.56 Å². The molecule has 2 N–H and O–H groups in total. The van der Waals surface area contributed by atoms with Gasteiger partial charge in [-0.1, -0.05) is 48.5 Å². The van der Waals surface area contributed by atoms with E-state index < -0.39 is 16.1 Å². The van der Waals surface area contributed by atoms with Crippen LogP contribution in [0.5, 0.6) is 5.75 Å². The number of sulfonamides is 1. The van der Waals surface area contributed by atoms with Crippen LogP contribution in [0.2, 0.25) is 0 Å². The van der Waals surface area contributed by atoms with E-state index in [-0.39, 0.29) is 10.8 Å². The van der Waals surface area contributed by atoms with Gasteiger partial charge in [-0.05, 0) is 55.3 Å². The molecular weight excluding hydrogens is 400 g/mol. The molecule has 1 amide bonds. The van der Waals surface area contributed by atoms with Crippen molar-refractivity contribution in [3.05, 3.63) is 90.5 Å². The van der Waals surface area contributed by atoms with Crippen LogP contribution < -0.4 is 14.8 Å². The normalized spacial score (nSPS) is 12.2. The van der Waals surface area contributed by atoms with Gasteiger partial charge in [-0.25, -0.2) is 13.1 Å². The molecule has 3 aromatic rings. The minimum Gasteiger partial charge on any atom is -0.481 e. The number of carbonyl (C=O) groups excluding carboxylic acids is 1. The predicted molar refractivity (Wildman–Crippen MR) is 117 cm³/mol. The zero-order valence-corrected chi connectivity index (χ0v) is 17.4. The van der Waals surface area contributed by atoms with Crippen LogP contribution in [0.15, 0.2) is 89.8 Å². The van der Waals surface area contributed by atoms with Crippen LogP contribution in [0.25, 0.3) is 0 Å². The number of hydrogen-bond acceptors (Lipinski definition) is 4. The Bertz CT molecular complexity index is 1050. The van der Waals surface area contributed by atoms with Crippen molar-refractivity contribution < 1.29 is 17.9 Å². The lowest BCUT2D eigenvalue weighted by Crippen LogP contribution is -2.30. The van der Waals surface area contributed by atoms with Gasteiger partial charge < -0.3 is 10.1 Å². The fourth-order valence-corrected chi connectivity index (χ4v) is 3.81. The third-order valence-corrected chi connectivity index (χ3v) is 5.88. The van der Waals surface area contributed by atoms with E-state index >= 15 is 0 Å². The molecule has 0 spiro atoms.